The van der Waals surface area contributed by atoms with Crippen LogP contribution in [0, 0.1) is 12.8 Å². The molecule has 3 rings (SSSR count). The van der Waals surface area contributed by atoms with Gasteiger partial charge in [0.25, 0.3) is 5.91 Å². The molecule has 0 unspecified atom stereocenters. The van der Waals surface area contributed by atoms with Crippen molar-refractivity contribution in [3.63, 3.8) is 0 Å². The number of rotatable bonds is 5. The van der Waals surface area contributed by atoms with E-state index in [-0.39, 0.29) is 5.91 Å². The van der Waals surface area contributed by atoms with E-state index in [1.165, 1.54) is 16.0 Å². The van der Waals surface area contributed by atoms with Crippen LogP contribution < -0.4 is 5.73 Å². The van der Waals surface area contributed by atoms with E-state index in [2.05, 4.69) is 44.2 Å². The Labute approximate surface area is 148 Å². The van der Waals surface area contributed by atoms with Gasteiger partial charge in [0.05, 0.1) is 4.88 Å². The highest BCUT2D eigenvalue weighted by atomic mass is 32.1. The highest BCUT2D eigenvalue weighted by Gasteiger charge is 2.36. The standard InChI is InChI=1S/C20H26N2OS/c1-3-7-16-10-19(24-14(16)2)20(23)22-12-17(11-21)18(13-22)15-8-5-4-6-9-15/h4-6,8-10,17-18H,3,7,11-13,21H2,1-2H3/t17-,18+/m1/s1. The van der Waals surface area contributed by atoms with E-state index in [4.69, 9.17) is 5.73 Å². The molecule has 1 aromatic carbocycles. The molecule has 1 aliphatic heterocycles. The molecule has 1 amide bonds. The SMILES string of the molecule is CCCc1cc(C(=O)N2C[C@@H](CN)[C@H](c3ccccc3)C2)sc1C. The molecule has 2 N–H and O–H groups in total. The summed E-state index contributed by atoms with van der Waals surface area (Å²) in [4.78, 5) is 17.1. The average Bonchev–Trinajstić information content (AvgIpc) is 3.19. The zero-order valence-electron chi connectivity index (χ0n) is 14.5. The lowest BCUT2D eigenvalue weighted by Gasteiger charge is -2.16. The second kappa shape index (κ2) is 7.49. The molecule has 24 heavy (non-hydrogen) atoms. The molecule has 0 aliphatic carbocycles. The van der Waals surface area contributed by atoms with Crippen molar-refractivity contribution in [1.29, 1.82) is 0 Å². The van der Waals surface area contributed by atoms with E-state index in [1.54, 1.807) is 11.3 Å². The number of amides is 1. The summed E-state index contributed by atoms with van der Waals surface area (Å²) in [6.45, 7) is 6.44. The minimum Gasteiger partial charge on any atom is -0.337 e. The summed E-state index contributed by atoms with van der Waals surface area (Å²) in [5.41, 5.74) is 8.60. The van der Waals surface area contributed by atoms with E-state index in [1.807, 2.05) is 11.0 Å². The molecule has 0 spiro atoms. The fraction of sp³-hybridized carbons (Fsp3) is 0.450. The van der Waals surface area contributed by atoms with Gasteiger partial charge in [0.15, 0.2) is 0 Å². The van der Waals surface area contributed by atoms with Crippen LogP contribution in [0.4, 0.5) is 0 Å². The maximum absolute atomic E-state index is 13.0. The first kappa shape index (κ1) is 17.2. The van der Waals surface area contributed by atoms with Crippen molar-refractivity contribution in [2.45, 2.75) is 32.6 Å². The summed E-state index contributed by atoms with van der Waals surface area (Å²) < 4.78 is 0. The number of nitrogens with zero attached hydrogens (tertiary/aromatic N) is 1. The average molecular weight is 343 g/mol. The lowest BCUT2D eigenvalue weighted by Crippen LogP contribution is -2.29. The van der Waals surface area contributed by atoms with Crippen LogP contribution in [0.3, 0.4) is 0 Å². The van der Waals surface area contributed by atoms with Gasteiger partial charge in [-0.1, -0.05) is 43.7 Å². The molecule has 0 saturated carbocycles. The van der Waals surface area contributed by atoms with Gasteiger partial charge in [-0.25, -0.2) is 0 Å². The topological polar surface area (TPSA) is 46.3 Å². The minimum absolute atomic E-state index is 0.169. The fourth-order valence-corrected chi connectivity index (χ4v) is 4.69. The van der Waals surface area contributed by atoms with E-state index >= 15 is 0 Å². The third kappa shape index (κ3) is 3.40. The Morgan fingerprint density at radius 1 is 1.29 bits per heavy atom. The zero-order valence-corrected chi connectivity index (χ0v) is 15.3. The summed E-state index contributed by atoms with van der Waals surface area (Å²) in [5, 5.41) is 0. The molecular weight excluding hydrogens is 316 g/mol. The molecule has 2 heterocycles. The highest BCUT2D eigenvalue weighted by molar-refractivity contribution is 7.14. The van der Waals surface area contributed by atoms with Crippen molar-refractivity contribution in [3.05, 3.63) is 57.3 Å². The Hall–Kier alpha value is -1.65. The Balaban J connectivity index is 1.78. The van der Waals surface area contributed by atoms with E-state index < -0.39 is 0 Å². The maximum Gasteiger partial charge on any atom is 0.263 e. The summed E-state index contributed by atoms with van der Waals surface area (Å²) in [6, 6.07) is 12.5. The van der Waals surface area contributed by atoms with Gasteiger partial charge in [0.1, 0.15) is 0 Å². The zero-order chi connectivity index (χ0) is 17.1. The molecule has 1 aliphatic rings. The predicted octanol–water partition coefficient (Wildman–Crippen LogP) is 3.82. The van der Waals surface area contributed by atoms with Gasteiger partial charge in [0, 0.05) is 23.9 Å². The van der Waals surface area contributed by atoms with Crippen LogP contribution in [-0.4, -0.2) is 30.4 Å². The lowest BCUT2D eigenvalue weighted by atomic mass is 9.89. The normalized spacial score (nSPS) is 20.5. The minimum atomic E-state index is 0.169. The molecule has 1 fully saturated rings. The third-order valence-electron chi connectivity index (χ3n) is 5.01. The van der Waals surface area contributed by atoms with Crippen molar-refractivity contribution < 1.29 is 4.79 Å². The highest BCUT2D eigenvalue weighted by Crippen LogP contribution is 2.34. The number of carbonyl (C=O) groups excluding carboxylic acids is 1. The van der Waals surface area contributed by atoms with Crippen LogP contribution >= 0.6 is 11.3 Å². The Bertz CT molecular complexity index is 695. The largest absolute Gasteiger partial charge is 0.337 e. The second-order valence-corrected chi connectivity index (χ2v) is 7.92. The van der Waals surface area contributed by atoms with Gasteiger partial charge in [-0.3, -0.25) is 4.79 Å². The summed E-state index contributed by atoms with van der Waals surface area (Å²) >= 11 is 1.63. The molecule has 0 radical (unpaired) electrons. The van der Waals surface area contributed by atoms with E-state index in [9.17, 15) is 4.79 Å². The molecular formula is C20H26N2OS. The fourth-order valence-electron chi connectivity index (χ4n) is 3.65. The molecule has 2 aromatic rings. The van der Waals surface area contributed by atoms with Gasteiger partial charge < -0.3 is 10.6 Å². The first-order chi connectivity index (χ1) is 11.6. The number of aryl methyl sites for hydroxylation is 2. The van der Waals surface area contributed by atoms with Crippen LogP contribution in [0.5, 0.6) is 0 Å². The molecule has 128 valence electrons. The molecule has 0 bridgehead atoms. The number of nitrogens with two attached hydrogens (primary N) is 1. The van der Waals surface area contributed by atoms with Crippen LogP contribution in [0.15, 0.2) is 36.4 Å². The van der Waals surface area contributed by atoms with E-state index in [0.29, 0.717) is 18.4 Å². The first-order valence-electron chi connectivity index (χ1n) is 8.77. The van der Waals surface area contributed by atoms with Gasteiger partial charge in [-0.15, -0.1) is 11.3 Å². The number of benzene rings is 1. The van der Waals surface area contributed by atoms with Crippen LogP contribution in [0.1, 0.15) is 44.9 Å². The Kier molecular flexibility index (Phi) is 5.36. The van der Waals surface area contributed by atoms with E-state index in [0.717, 1.165) is 30.8 Å². The Morgan fingerprint density at radius 2 is 2.04 bits per heavy atom. The van der Waals surface area contributed by atoms with Gasteiger partial charge in [-0.05, 0) is 43.0 Å². The quantitative estimate of drug-likeness (QED) is 0.898. The molecule has 1 aromatic heterocycles. The maximum atomic E-state index is 13.0. The van der Waals surface area contributed by atoms with Crippen molar-refractivity contribution in [2.75, 3.05) is 19.6 Å². The molecule has 1 saturated heterocycles. The molecule has 4 heteroatoms. The molecule has 3 nitrogen and oxygen atoms in total. The number of likely N-dealkylation sites (tertiary alicyclic amines) is 1. The number of carbonyl (C=O) groups is 1. The van der Waals surface area contributed by atoms with Gasteiger partial charge in [0.2, 0.25) is 0 Å². The van der Waals surface area contributed by atoms with Gasteiger partial charge in [-0.2, -0.15) is 0 Å². The number of thiophene rings is 1. The van der Waals surface area contributed by atoms with Crippen molar-refractivity contribution in [2.24, 2.45) is 11.7 Å². The van der Waals surface area contributed by atoms with Crippen molar-refractivity contribution in [1.82, 2.24) is 4.90 Å². The van der Waals surface area contributed by atoms with Crippen LogP contribution in [-0.2, 0) is 6.42 Å². The lowest BCUT2D eigenvalue weighted by molar-refractivity contribution is 0.0791. The van der Waals surface area contributed by atoms with Gasteiger partial charge >= 0.3 is 0 Å². The van der Waals surface area contributed by atoms with Crippen molar-refractivity contribution in [3.8, 4) is 0 Å². The smallest absolute Gasteiger partial charge is 0.263 e. The summed E-state index contributed by atoms with van der Waals surface area (Å²) in [7, 11) is 0. The molecule has 2 atom stereocenters. The monoisotopic (exact) mass is 342 g/mol. The second-order valence-electron chi connectivity index (χ2n) is 6.67. The number of hydrogen-bond acceptors (Lipinski definition) is 3. The summed E-state index contributed by atoms with van der Waals surface area (Å²) in [5.74, 6) is 0.853. The van der Waals surface area contributed by atoms with Crippen LogP contribution in [0.2, 0.25) is 0 Å². The predicted molar refractivity (Wildman–Crippen MR) is 101 cm³/mol. The first-order valence-corrected chi connectivity index (χ1v) is 9.59. The summed E-state index contributed by atoms with van der Waals surface area (Å²) in [6.07, 6.45) is 2.16. The number of hydrogen-bond donors (Lipinski definition) is 1. The Morgan fingerprint density at radius 3 is 2.71 bits per heavy atom. The van der Waals surface area contributed by atoms with Crippen molar-refractivity contribution >= 4 is 17.2 Å². The van der Waals surface area contributed by atoms with Crippen LogP contribution in [0.25, 0.3) is 0 Å². The third-order valence-corrected chi connectivity index (χ3v) is 6.09.